The first-order valence-electron chi connectivity index (χ1n) is 6.76. The van der Waals surface area contributed by atoms with Crippen LogP contribution in [0.1, 0.15) is 23.0 Å². The molecule has 1 saturated heterocycles. The summed E-state index contributed by atoms with van der Waals surface area (Å²) in [6.07, 6.45) is 0.915. The monoisotopic (exact) mass is 310 g/mol. The van der Waals surface area contributed by atoms with E-state index in [0.717, 1.165) is 28.7 Å². The molecule has 0 radical (unpaired) electrons. The van der Waals surface area contributed by atoms with Crippen LogP contribution in [0.4, 0.5) is 13.9 Å². The number of nitrogens with zero attached hydrogens (tertiary/aromatic N) is 3. The first-order valence-corrected chi connectivity index (χ1v) is 7.58. The van der Waals surface area contributed by atoms with Crippen LogP contribution in [0.5, 0.6) is 0 Å². The quantitative estimate of drug-likeness (QED) is 0.946. The van der Waals surface area contributed by atoms with E-state index in [0.29, 0.717) is 0 Å². The van der Waals surface area contributed by atoms with Crippen molar-refractivity contribution in [3.63, 3.8) is 0 Å². The Morgan fingerprint density at radius 2 is 2.10 bits per heavy atom. The molecule has 21 heavy (non-hydrogen) atoms. The normalized spacial score (nSPS) is 22.7. The van der Waals surface area contributed by atoms with Crippen LogP contribution in [-0.2, 0) is 0 Å². The molecule has 0 unspecified atom stereocenters. The molecule has 2 atom stereocenters. The van der Waals surface area contributed by atoms with E-state index in [4.69, 9.17) is 0 Å². The molecule has 0 saturated carbocycles. The molecule has 1 aromatic carbocycles. The summed E-state index contributed by atoms with van der Waals surface area (Å²) in [6.45, 7) is 2.79. The van der Waals surface area contributed by atoms with E-state index >= 15 is 0 Å². The number of nitrogens with one attached hydrogen (secondary N) is 1. The molecular weight excluding hydrogens is 294 g/mol. The second-order valence-electron chi connectivity index (χ2n) is 5.26. The van der Waals surface area contributed by atoms with E-state index in [-0.39, 0.29) is 12.1 Å². The minimum atomic E-state index is -0.816. The van der Waals surface area contributed by atoms with E-state index < -0.39 is 11.6 Å². The SMILES string of the molecule is Cc1nnc(N[C@H]2CCN(C)[C@H]2c2ccc(F)c(F)c2)s1. The number of likely N-dealkylation sites (tertiary alicyclic amines) is 1. The van der Waals surface area contributed by atoms with Crippen LogP contribution >= 0.6 is 11.3 Å². The van der Waals surface area contributed by atoms with Crippen molar-refractivity contribution in [2.75, 3.05) is 18.9 Å². The lowest BCUT2D eigenvalue weighted by atomic mass is 10.00. The maximum absolute atomic E-state index is 13.5. The fourth-order valence-electron chi connectivity index (χ4n) is 2.79. The number of likely N-dealkylation sites (N-methyl/N-ethyl adjacent to an activating group) is 1. The van der Waals surface area contributed by atoms with Crippen molar-refractivity contribution < 1.29 is 8.78 Å². The molecule has 0 spiro atoms. The molecule has 1 N–H and O–H groups in total. The van der Waals surface area contributed by atoms with Crippen LogP contribution in [0.25, 0.3) is 0 Å². The fourth-order valence-corrected chi connectivity index (χ4v) is 3.45. The maximum Gasteiger partial charge on any atom is 0.205 e. The highest BCUT2D eigenvalue weighted by Gasteiger charge is 2.34. The van der Waals surface area contributed by atoms with Crippen LogP contribution in [0.15, 0.2) is 18.2 Å². The number of halogens is 2. The molecule has 2 heterocycles. The van der Waals surface area contributed by atoms with E-state index in [1.165, 1.54) is 23.5 Å². The van der Waals surface area contributed by atoms with Crippen molar-refractivity contribution in [3.05, 3.63) is 40.4 Å². The minimum absolute atomic E-state index is 0.00990. The zero-order valence-corrected chi connectivity index (χ0v) is 12.6. The van der Waals surface area contributed by atoms with Crippen molar-refractivity contribution in [3.8, 4) is 0 Å². The number of aromatic nitrogens is 2. The smallest absolute Gasteiger partial charge is 0.205 e. The average molecular weight is 310 g/mol. The Bertz CT molecular complexity index is 646. The summed E-state index contributed by atoms with van der Waals surface area (Å²) >= 11 is 1.49. The van der Waals surface area contributed by atoms with Gasteiger partial charge in [0.1, 0.15) is 5.01 Å². The summed E-state index contributed by atoms with van der Waals surface area (Å²) < 4.78 is 26.6. The number of benzene rings is 1. The Labute approximate surface area is 125 Å². The highest BCUT2D eigenvalue weighted by Crippen LogP contribution is 2.34. The minimum Gasteiger partial charge on any atom is -0.355 e. The zero-order valence-electron chi connectivity index (χ0n) is 11.8. The maximum atomic E-state index is 13.5. The van der Waals surface area contributed by atoms with Crippen LogP contribution in [0.3, 0.4) is 0 Å². The molecule has 2 aromatic rings. The molecule has 7 heteroatoms. The third-order valence-corrected chi connectivity index (χ3v) is 4.54. The third kappa shape index (κ3) is 2.89. The lowest BCUT2D eigenvalue weighted by Gasteiger charge is -2.26. The van der Waals surface area contributed by atoms with Crippen molar-refractivity contribution in [1.82, 2.24) is 15.1 Å². The van der Waals surface area contributed by atoms with Crippen LogP contribution in [0.2, 0.25) is 0 Å². The summed E-state index contributed by atoms with van der Waals surface area (Å²) in [4.78, 5) is 2.14. The number of hydrogen-bond acceptors (Lipinski definition) is 5. The van der Waals surface area contributed by atoms with Crippen molar-refractivity contribution in [1.29, 1.82) is 0 Å². The first-order chi connectivity index (χ1) is 10.0. The van der Waals surface area contributed by atoms with Crippen LogP contribution in [0, 0.1) is 18.6 Å². The Hall–Kier alpha value is -1.60. The standard InChI is InChI=1S/C14H16F2N4S/c1-8-18-19-14(21-8)17-12-5-6-20(2)13(12)9-3-4-10(15)11(16)7-9/h3-4,7,12-13H,5-6H2,1-2H3,(H,17,19)/t12-,13-/m0/s1. The topological polar surface area (TPSA) is 41.1 Å². The van der Waals surface area contributed by atoms with Crippen LogP contribution < -0.4 is 5.32 Å². The lowest BCUT2D eigenvalue weighted by molar-refractivity contribution is 0.308. The van der Waals surface area contributed by atoms with Gasteiger partial charge in [0.05, 0.1) is 6.04 Å². The second-order valence-corrected chi connectivity index (χ2v) is 6.45. The third-order valence-electron chi connectivity index (χ3n) is 3.77. The van der Waals surface area contributed by atoms with Gasteiger partial charge in [-0.05, 0) is 38.1 Å². The van der Waals surface area contributed by atoms with Gasteiger partial charge < -0.3 is 5.32 Å². The van der Waals surface area contributed by atoms with Crippen molar-refractivity contribution in [2.24, 2.45) is 0 Å². The highest BCUT2D eigenvalue weighted by molar-refractivity contribution is 7.15. The Morgan fingerprint density at radius 3 is 2.76 bits per heavy atom. The molecule has 112 valence electrons. The van der Waals surface area contributed by atoms with Gasteiger partial charge in [0, 0.05) is 12.6 Å². The van der Waals surface area contributed by atoms with Gasteiger partial charge in [-0.15, -0.1) is 10.2 Å². The molecule has 3 rings (SSSR count). The molecule has 0 amide bonds. The number of anilines is 1. The molecule has 1 aliphatic rings. The number of aryl methyl sites for hydroxylation is 1. The predicted molar refractivity (Wildman–Crippen MR) is 78.4 cm³/mol. The number of rotatable bonds is 3. The Kier molecular flexibility index (Phi) is 3.86. The zero-order chi connectivity index (χ0) is 15.0. The van der Waals surface area contributed by atoms with Gasteiger partial charge >= 0.3 is 0 Å². The van der Waals surface area contributed by atoms with Crippen molar-refractivity contribution in [2.45, 2.75) is 25.4 Å². The largest absolute Gasteiger partial charge is 0.355 e. The van der Waals surface area contributed by atoms with Gasteiger partial charge in [0.15, 0.2) is 11.6 Å². The first kappa shape index (κ1) is 14.3. The van der Waals surface area contributed by atoms with Crippen LogP contribution in [-0.4, -0.2) is 34.7 Å². The molecule has 0 bridgehead atoms. The molecule has 1 aromatic heterocycles. The Balaban J connectivity index is 1.85. The van der Waals surface area contributed by atoms with E-state index in [2.05, 4.69) is 20.4 Å². The average Bonchev–Trinajstić information content (AvgIpc) is 3.00. The predicted octanol–water partition coefficient (Wildman–Crippen LogP) is 2.98. The summed E-state index contributed by atoms with van der Waals surface area (Å²) in [7, 11) is 1.99. The van der Waals surface area contributed by atoms with Gasteiger partial charge in [0.25, 0.3) is 0 Å². The van der Waals surface area contributed by atoms with Gasteiger partial charge in [-0.3, -0.25) is 4.90 Å². The number of hydrogen-bond donors (Lipinski definition) is 1. The summed E-state index contributed by atoms with van der Waals surface area (Å²) in [5.41, 5.74) is 0.771. The van der Waals surface area contributed by atoms with Gasteiger partial charge in [-0.1, -0.05) is 17.4 Å². The van der Waals surface area contributed by atoms with E-state index in [1.807, 2.05) is 14.0 Å². The Morgan fingerprint density at radius 1 is 1.29 bits per heavy atom. The van der Waals surface area contributed by atoms with Gasteiger partial charge in [-0.2, -0.15) is 0 Å². The lowest BCUT2D eigenvalue weighted by Crippen LogP contribution is -2.29. The van der Waals surface area contributed by atoms with Gasteiger partial charge in [0.2, 0.25) is 5.13 Å². The molecule has 1 aliphatic heterocycles. The van der Waals surface area contributed by atoms with Gasteiger partial charge in [-0.25, -0.2) is 8.78 Å². The van der Waals surface area contributed by atoms with E-state index in [1.54, 1.807) is 6.07 Å². The second kappa shape index (κ2) is 5.65. The summed E-state index contributed by atoms with van der Waals surface area (Å²) in [5.74, 6) is -1.62. The fraction of sp³-hybridized carbons (Fsp3) is 0.429. The van der Waals surface area contributed by atoms with E-state index in [9.17, 15) is 8.78 Å². The summed E-state index contributed by atoms with van der Waals surface area (Å²) in [6, 6.07) is 4.20. The highest BCUT2D eigenvalue weighted by atomic mass is 32.1. The molecule has 0 aliphatic carbocycles. The molecular formula is C14H16F2N4S. The molecule has 1 fully saturated rings. The summed E-state index contributed by atoms with van der Waals surface area (Å²) in [5, 5.41) is 13.1. The van der Waals surface area contributed by atoms with Crippen molar-refractivity contribution >= 4 is 16.5 Å². The molecule has 4 nitrogen and oxygen atoms in total.